The zero-order chi connectivity index (χ0) is 15.1. The van der Waals surface area contributed by atoms with Crippen molar-refractivity contribution in [2.75, 3.05) is 19.7 Å². The quantitative estimate of drug-likeness (QED) is 0.719. The van der Waals surface area contributed by atoms with E-state index in [1.54, 1.807) is 0 Å². The molecule has 1 aromatic rings. The maximum atomic E-state index is 10.5. The molecule has 4 nitrogen and oxygen atoms in total. The Balaban J connectivity index is 1.63. The Hall–Kier alpha value is -1.10. The van der Waals surface area contributed by atoms with Gasteiger partial charge in [-0.2, -0.15) is 0 Å². The number of nitrogens with one attached hydrogen (secondary N) is 1. The Bertz CT molecular complexity index is 412. The molecule has 0 radical (unpaired) electrons. The van der Waals surface area contributed by atoms with Crippen LogP contribution in [0.15, 0.2) is 30.3 Å². The van der Waals surface area contributed by atoms with E-state index in [1.165, 1.54) is 6.42 Å². The summed E-state index contributed by atoms with van der Waals surface area (Å²) in [6.45, 7) is 3.42. The molecule has 0 saturated heterocycles. The maximum Gasteiger partial charge on any atom is 0.119 e. The van der Waals surface area contributed by atoms with Gasteiger partial charge in [-0.3, -0.25) is 0 Å². The molecule has 118 valence electrons. The SMILES string of the molecule is CC1CCCC(O)(CNCC(O)COc2ccccc2)C1. The molecule has 3 N–H and O–H groups in total. The summed E-state index contributed by atoms with van der Waals surface area (Å²) >= 11 is 0. The van der Waals surface area contributed by atoms with Gasteiger partial charge < -0.3 is 20.3 Å². The van der Waals surface area contributed by atoms with Gasteiger partial charge in [-0.05, 0) is 30.9 Å². The number of benzene rings is 1. The molecule has 0 bridgehead atoms. The first-order valence-corrected chi connectivity index (χ1v) is 7.86. The standard InChI is InChI=1S/C17H27NO3/c1-14-6-5-9-17(20,10-14)13-18-11-15(19)12-21-16-7-3-2-4-8-16/h2-4,7-8,14-15,18-20H,5-6,9-13H2,1H3. The number of hydrogen-bond donors (Lipinski definition) is 3. The third-order valence-corrected chi connectivity index (χ3v) is 4.09. The Labute approximate surface area is 127 Å². The van der Waals surface area contributed by atoms with E-state index in [4.69, 9.17) is 4.74 Å². The van der Waals surface area contributed by atoms with Crippen molar-refractivity contribution in [2.24, 2.45) is 5.92 Å². The van der Waals surface area contributed by atoms with E-state index in [2.05, 4.69) is 12.2 Å². The molecule has 3 unspecified atom stereocenters. The molecule has 2 rings (SSSR count). The van der Waals surface area contributed by atoms with Gasteiger partial charge in [0, 0.05) is 13.1 Å². The van der Waals surface area contributed by atoms with Crippen molar-refractivity contribution < 1.29 is 14.9 Å². The van der Waals surface area contributed by atoms with Crippen molar-refractivity contribution in [3.63, 3.8) is 0 Å². The number of para-hydroxylation sites is 1. The summed E-state index contributed by atoms with van der Waals surface area (Å²) in [7, 11) is 0. The molecular formula is C17H27NO3. The topological polar surface area (TPSA) is 61.7 Å². The van der Waals surface area contributed by atoms with Crippen molar-refractivity contribution in [1.29, 1.82) is 0 Å². The van der Waals surface area contributed by atoms with Crippen LogP contribution in [0.5, 0.6) is 5.75 Å². The second kappa shape index (κ2) is 7.78. The van der Waals surface area contributed by atoms with E-state index >= 15 is 0 Å². The number of hydrogen-bond acceptors (Lipinski definition) is 4. The third-order valence-electron chi connectivity index (χ3n) is 4.09. The summed E-state index contributed by atoms with van der Waals surface area (Å²) in [5.41, 5.74) is -0.613. The van der Waals surface area contributed by atoms with Gasteiger partial charge in [0.15, 0.2) is 0 Å². The third kappa shape index (κ3) is 5.65. The molecule has 0 heterocycles. The van der Waals surface area contributed by atoms with Crippen LogP contribution in [-0.4, -0.2) is 41.6 Å². The molecule has 0 aromatic heterocycles. The Kier molecular flexibility index (Phi) is 6.03. The molecule has 1 saturated carbocycles. The van der Waals surface area contributed by atoms with Crippen molar-refractivity contribution in [3.8, 4) is 5.75 Å². The van der Waals surface area contributed by atoms with E-state index in [-0.39, 0.29) is 6.61 Å². The van der Waals surface area contributed by atoms with Crippen LogP contribution in [0.1, 0.15) is 32.6 Å². The lowest BCUT2D eigenvalue weighted by Crippen LogP contribution is -2.46. The zero-order valence-electron chi connectivity index (χ0n) is 12.8. The number of rotatable bonds is 7. The van der Waals surface area contributed by atoms with E-state index in [9.17, 15) is 10.2 Å². The number of aliphatic hydroxyl groups is 2. The second-order valence-corrected chi connectivity index (χ2v) is 6.33. The van der Waals surface area contributed by atoms with Crippen molar-refractivity contribution in [2.45, 2.75) is 44.3 Å². The molecule has 3 atom stereocenters. The van der Waals surface area contributed by atoms with Crippen LogP contribution in [0.4, 0.5) is 0 Å². The number of aliphatic hydroxyl groups excluding tert-OH is 1. The van der Waals surface area contributed by atoms with Gasteiger partial charge in [0.2, 0.25) is 0 Å². The van der Waals surface area contributed by atoms with Crippen LogP contribution < -0.4 is 10.1 Å². The van der Waals surface area contributed by atoms with Crippen LogP contribution in [0.2, 0.25) is 0 Å². The minimum atomic E-state index is -0.613. The van der Waals surface area contributed by atoms with Gasteiger partial charge >= 0.3 is 0 Å². The number of ether oxygens (including phenoxy) is 1. The zero-order valence-corrected chi connectivity index (χ0v) is 12.8. The Morgan fingerprint density at radius 1 is 1.38 bits per heavy atom. The van der Waals surface area contributed by atoms with Crippen molar-refractivity contribution in [1.82, 2.24) is 5.32 Å². The molecule has 0 amide bonds. The average molecular weight is 293 g/mol. The molecule has 4 heteroatoms. The second-order valence-electron chi connectivity index (χ2n) is 6.33. The first-order valence-electron chi connectivity index (χ1n) is 7.86. The van der Waals surface area contributed by atoms with Gasteiger partial charge in [-0.15, -0.1) is 0 Å². The fourth-order valence-corrected chi connectivity index (χ4v) is 3.03. The smallest absolute Gasteiger partial charge is 0.119 e. The minimum Gasteiger partial charge on any atom is -0.491 e. The highest BCUT2D eigenvalue weighted by molar-refractivity contribution is 5.20. The largest absolute Gasteiger partial charge is 0.491 e. The highest BCUT2D eigenvalue weighted by Gasteiger charge is 2.32. The maximum absolute atomic E-state index is 10.5. The summed E-state index contributed by atoms with van der Waals surface area (Å²) in [5.74, 6) is 1.34. The molecule has 1 aliphatic carbocycles. The predicted octanol–water partition coefficient (Wildman–Crippen LogP) is 1.96. The van der Waals surface area contributed by atoms with Gasteiger partial charge in [0.25, 0.3) is 0 Å². The highest BCUT2D eigenvalue weighted by Crippen LogP contribution is 2.31. The fourth-order valence-electron chi connectivity index (χ4n) is 3.03. The molecule has 0 spiro atoms. The summed E-state index contributed by atoms with van der Waals surface area (Å²) in [5, 5.41) is 23.6. The van der Waals surface area contributed by atoms with Crippen LogP contribution in [0.25, 0.3) is 0 Å². The Morgan fingerprint density at radius 3 is 2.86 bits per heavy atom. The van der Waals surface area contributed by atoms with Gasteiger partial charge in [0.1, 0.15) is 18.5 Å². The molecule has 1 aromatic carbocycles. The van der Waals surface area contributed by atoms with Crippen LogP contribution in [0, 0.1) is 5.92 Å². The van der Waals surface area contributed by atoms with Crippen LogP contribution in [-0.2, 0) is 0 Å². The van der Waals surface area contributed by atoms with Crippen LogP contribution in [0.3, 0.4) is 0 Å². The first kappa shape index (κ1) is 16.3. The lowest BCUT2D eigenvalue weighted by molar-refractivity contribution is -0.0143. The average Bonchev–Trinajstić information content (AvgIpc) is 2.46. The fraction of sp³-hybridized carbons (Fsp3) is 0.647. The molecule has 1 aliphatic rings. The van der Waals surface area contributed by atoms with Crippen molar-refractivity contribution >= 4 is 0 Å². The highest BCUT2D eigenvalue weighted by atomic mass is 16.5. The van der Waals surface area contributed by atoms with E-state index < -0.39 is 11.7 Å². The molecule has 0 aliphatic heterocycles. The molecule has 21 heavy (non-hydrogen) atoms. The summed E-state index contributed by atoms with van der Waals surface area (Å²) in [6.07, 6.45) is 3.40. The van der Waals surface area contributed by atoms with Gasteiger partial charge in [0.05, 0.1) is 5.60 Å². The minimum absolute atomic E-state index is 0.256. The van der Waals surface area contributed by atoms with Crippen LogP contribution >= 0.6 is 0 Å². The lowest BCUT2D eigenvalue weighted by Gasteiger charge is -2.36. The van der Waals surface area contributed by atoms with E-state index in [0.717, 1.165) is 25.0 Å². The molecule has 1 fully saturated rings. The van der Waals surface area contributed by atoms with E-state index in [1.807, 2.05) is 30.3 Å². The van der Waals surface area contributed by atoms with Gasteiger partial charge in [-0.25, -0.2) is 0 Å². The monoisotopic (exact) mass is 293 g/mol. The molecular weight excluding hydrogens is 266 g/mol. The van der Waals surface area contributed by atoms with Gasteiger partial charge in [-0.1, -0.05) is 38.0 Å². The predicted molar refractivity (Wildman–Crippen MR) is 83.4 cm³/mol. The summed E-state index contributed by atoms with van der Waals surface area (Å²) in [4.78, 5) is 0. The normalized spacial score (nSPS) is 27.3. The Morgan fingerprint density at radius 2 is 2.14 bits per heavy atom. The lowest BCUT2D eigenvalue weighted by atomic mass is 9.79. The summed E-state index contributed by atoms with van der Waals surface area (Å²) in [6, 6.07) is 9.47. The van der Waals surface area contributed by atoms with E-state index in [0.29, 0.717) is 19.0 Å². The van der Waals surface area contributed by atoms with Crippen molar-refractivity contribution in [3.05, 3.63) is 30.3 Å². The first-order chi connectivity index (χ1) is 10.1. The summed E-state index contributed by atoms with van der Waals surface area (Å²) < 4.78 is 5.50.